The van der Waals surface area contributed by atoms with Crippen LogP contribution in [-0.2, 0) is 14.3 Å². The Morgan fingerprint density at radius 1 is 1.69 bits per heavy atom. The summed E-state index contributed by atoms with van der Waals surface area (Å²) in [4.78, 5) is 24.4. The summed E-state index contributed by atoms with van der Waals surface area (Å²) in [7, 11) is 0. The van der Waals surface area contributed by atoms with Crippen molar-refractivity contribution in [1.29, 1.82) is 0 Å². The molecule has 0 radical (unpaired) electrons. The van der Waals surface area contributed by atoms with Crippen LogP contribution in [0.25, 0.3) is 0 Å². The Hall–Kier alpha value is -1.36. The number of ether oxygens (including phenoxy) is 2. The second kappa shape index (κ2) is 6.27. The Morgan fingerprint density at radius 3 is 3.06 bits per heavy atom. The van der Waals surface area contributed by atoms with E-state index < -0.39 is 12.2 Å². The number of amides is 1. The van der Waals surface area contributed by atoms with Gasteiger partial charge >= 0.3 is 6.09 Å². The molecule has 1 aliphatic heterocycles. The third-order valence-corrected chi connectivity index (χ3v) is 2.32. The molecule has 0 aromatic carbocycles. The van der Waals surface area contributed by atoms with E-state index in [9.17, 15) is 9.59 Å². The van der Waals surface area contributed by atoms with Crippen LogP contribution in [0, 0.1) is 0 Å². The van der Waals surface area contributed by atoms with E-state index in [-0.39, 0.29) is 18.9 Å². The van der Waals surface area contributed by atoms with Crippen LogP contribution in [0.15, 0.2) is 12.7 Å². The van der Waals surface area contributed by atoms with Crippen LogP contribution >= 0.6 is 0 Å². The van der Waals surface area contributed by atoms with Gasteiger partial charge in [0.05, 0.1) is 6.54 Å². The molecule has 0 N–H and O–H groups in total. The van der Waals surface area contributed by atoms with E-state index in [2.05, 4.69) is 6.58 Å². The van der Waals surface area contributed by atoms with Gasteiger partial charge in [-0.1, -0.05) is 12.7 Å². The molecule has 1 heterocycles. The van der Waals surface area contributed by atoms with Gasteiger partial charge in [0.1, 0.15) is 12.7 Å². The van der Waals surface area contributed by atoms with Crippen molar-refractivity contribution in [3.8, 4) is 0 Å². The molecule has 16 heavy (non-hydrogen) atoms. The first-order valence-electron chi connectivity index (χ1n) is 5.36. The van der Waals surface area contributed by atoms with Gasteiger partial charge in [-0.15, -0.1) is 0 Å². The summed E-state index contributed by atoms with van der Waals surface area (Å²) in [6, 6.07) is 0. The molecule has 0 aromatic rings. The molecule has 5 heteroatoms. The fourth-order valence-corrected chi connectivity index (χ4v) is 1.53. The van der Waals surface area contributed by atoms with E-state index in [1.807, 2.05) is 6.92 Å². The number of piperidine rings is 1. The zero-order valence-corrected chi connectivity index (χ0v) is 9.48. The lowest BCUT2D eigenvalue weighted by atomic mass is 10.1. The quantitative estimate of drug-likeness (QED) is 0.672. The largest absolute Gasteiger partial charge is 0.445 e. The van der Waals surface area contributed by atoms with E-state index in [1.54, 1.807) is 0 Å². The number of carbonyl (C=O) groups is 2. The number of rotatable bonds is 4. The molecule has 90 valence electrons. The van der Waals surface area contributed by atoms with Crippen LogP contribution in [0.5, 0.6) is 0 Å². The summed E-state index contributed by atoms with van der Waals surface area (Å²) in [5.74, 6) is 0.0506. The molecule has 1 atom stereocenters. The number of Topliss-reactive ketones (excluding diaryl/α,β-unsaturated/α-hetero) is 1. The molecule has 0 spiro atoms. The van der Waals surface area contributed by atoms with Crippen molar-refractivity contribution in [2.24, 2.45) is 0 Å². The first-order chi connectivity index (χ1) is 7.69. The minimum atomic E-state index is -0.505. The number of likely N-dealkylation sites (tertiary alicyclic amines) is 1. The van der Waals surface area contributed by atoms with Crippen molar-refractivity contribution in [3.05, 3.63) is 12.7 Å². The van der Waals surface area contributed by atoms with E-state index in [1.165, 1.54) is 11.0 Å². The monoisotopic (exact) mass is 227 g/mol. The zero-order valence-electron chi connectivity index (χ0n) is 9.48. The number of hydrogen-bond donors (Lipinski definition) is 0. The summed E-state index contributed by atoms with van der Waals surface area (Å²) in [5, 5.41) is 0. The first-order valence-corrected chi connectivity index (χ1v) is 5.36. The van der Waals surface area contributed by atoms with Crippen LogP contribution in [-0.4, -0.2) is 49.2 Å². The maximum atomic E-state index is 11.5. The summed E-state index contributed by atoms with van der Waals surface area (Å²) in [6.45, 7) is 6.61. The van der Waals surface area contributed by atoms with E-state index >= 15 is 0 Å². The Morgan fingerprint density at radius 2 is 2.44 bits per heavy atom. The lowest BCUT2D eigenvalue weighted by Gasteiger charge is -2.30. The van der Waals surface area contributed by atoms with Gasteiger partial charge < -0.3 is 14.4 Å². The Bertz CT molecular complexity index is 277. The Balaban J connectivity index is 2.47. The molecule has 1 aliphatic rings. The number of carbonyl (C=O) groups excluding carboxylic acids is 2. The molecular weight excluding hydrogens is 210 g/mol. The smallest absolute Gasteiger partial charge is 0.410 e. The topological polar surface area (TPSA) is 55.8 Å². The lowest BCUT2D eigenvalue weighted by Crippen LogP contribution is -2.48. The maximum absolute atomic E-state index is 11.5. The van der Waals surface area contributed by atoms with Gasteiger partial charge in [0.2, 0.25) is 0 Å². The SMILES string of the molecule is C=CCOC(=O)N1CCC(=O)C(OCC)C1. The summed E-state index contributed by atoms with van der Waals surface area (Å²) >= 11 is 0. The molecule has 1 amide bonds. The van der Waals surface area contributed by atoms with Crippen molar-refractivity contribution < 1.29 is 19.1 Å². The van der Waals surface area contributed by atoms with Crippen LogP contribution in [0.3, 0.4) is 0 Å². The van der Waals surface area contributed by atoms with Gasteiger partial charge in [-0.25, -0.2) is 4.79 Å². The van der Waals surface area contributed by atoms with Gasteiger partial charge in [0.15, 0.2) is 5.78 Å². The second-order valence-corrected chi connectivity index (χ2v) is 3.47. The third-order valence-electron chi connectivity index (χ3n) is 2.32. The minimum Gasteiger partial charge on any atom is -0.445 e. The molecule has 0 aromatic heterocycles. The lowest BCUT2D eigenvalue weighted by molar-refractivity contribution is -0.134. The molecule has 5 nitrogen and oxygen atoms in total. The third kappa shape index (κ3) is 3.34. The highest BCUT2D eigenvalue weighted by Gasteiger charge is 2.30. The van der Waals surface area contributed by atoms with Gasteiger partial charge in [-0.2, -0.15) is 0 Å². The predicted molar refractivity (Wildman–Crippen MR) is 58.2 cm³/mol. The van der Waals surface area contributed by atoms with Crippen molar-refractivity contribution in [3.63, 3.8) is 0 Å². The molecular formula is C11H17NO4. The predicted octanol–water partition coefficient (Wildman–Crippen LogP) is 0.989. The summed E-state index contributed by atoms with van der Waals surface area (Å²) in [6.07, 6.45) is 0.910. The molecule has 1 unspecified atom stereocenters. The molecule has 1 fully saturated rings. The van der Waals surface area contributed by atoms with Crippen LogP contribution < -0.4 is 0 Å². The first kappa shape index (κ1) is 12.7. The highest BCUT2D eigenvalue weighted by molar-refractivity contribution is 5.85. The van der Waals surface area contributed by atoms with E-state index in [4.69, 9.17) is 9.47 Å². The Labute approximate surface area is 95.0 Å². The fraction of sp³-hybridized carbons (Fsp3) is 0.636. The highest BCUT2D eigenvalue weighted by atomic mass is 16.6. The van der Waals surface area contributed by atoms with Gasteiger partial charge in [0.25, 0.3) is 0 Å². The van der Waals surface area contributed by atoms with Crippen molar-refractivity contribution in [1.82, 2.24) is 4.90 Å². The summed E-state index contributed by atoms with van der Waals surface area (Å²) < 4.78 is 10.2. The van der Waals surface area contributed by atoms with E-state index in [0.717, 1.165) is 0 Å². The molecule has 0 bridgehead atoms. The van der Waals surface area contributed by atoms with Gasteiger partial charge in [0, 0.05) is 19.6 Å². The second-order valence-electron chi connectivity index (χ2n) is 3.47. The highest BCUT2D eigenvalue weighted by Crippen LogP contribution is 2.11. The normalized spacial score (nSPS) is 20.7. The molecule has 0 saturated carbocycles. The van der Waals surface area contributed by atoms with Gasteiger partial charge in [-0.3, -0.25) is 4.79 Å². The maximum Gasteiger partial charge on any atom is 0.410 e. The number of ketones is 1. The van der Waals surface area contributed by atoms with Crippen molar-refractivity contribution in [2.45, 2.75) is 19.4 Å². The van der Waals surface area contributed by atoms with Crippen molar-refractivity contribution in [2.75, 3.05) is 26.3 Å². The zero-order chi connectivity index (χ0) is 12.0. The number of nitrogens with zero attached hydrogens (tertiary/aromatic N) is 1. The molecule has 1 rings (SSSR count). The standard InChI is InChI=1S/C11H17NO4/c1-3-7-16-11(14)12-6-5-9(13)10(8-12)15-4-2/h3,10H,1,4-8H2,2H3. The van der Waals surface area contributed by atoms with Gasteiger partial charge in [-0.05, 0) is 6.92 Å². The molecule has 1 saturated heterocycles. The summed E-state index contributed by atoms with van der Waals surface area (Å²) in [5.41, 5.74) is 0. The van der Waals surface area contributed by atoms with E-state index in [0.29, 0.717) is 19.6 Å². The average molecular weight is 227 g/mol. The van der Waals surface area contributed by atoms with Crippen LogP contribution in [0.1, 0.15) is 13.3 Å². The fourth-order valence-electron chi connectivity index (χ4n) is 1.53. The minimum absolute atomic E-state index is 0.0506. The van der Waals surface area contributed by atoms with Crippen LogP contribution in [0.2, 0.25) is 0 Å². The average Bonchev–Trinajstić information content (AvgIpc) is 2.29. The molecule has 0 aliphatic carbocycles. The number of hydrogen-bond acceptors (Lipinski definition) is 4. The Kier molecular flexibility index (Phi) is 4.98. The van der Waals surface area contributed by atoms with Crippen LogP contribution in [0.4, 0.5) is 4.79 Å². The van der Waals surface area contributed by atoms with Crippen molar-refractivity contribution >= 4 is 11.9 Å².